The molecular weight excluding hydrogens is 401 g/mol. The fraction of sp³-hybridized carbons (Fsp3) is 0.741. The van der Waals surface area contributed by atoms with Crippen LogP contribution in [0.5, 0.6) is 0 Å². The van der Waals surface area contributed by atoms with Crippen LogP contribution in [0.2, 0.25) is 0 Å². The van der Waals surface area contributed by atoms with E-state index in [0.29, 0.717) is 5.92 Å². The van der Waals surface area contributed by atoms with Crippen molar-refractivity contribution in [3.05, 3.63) is 24.1 Å². The Hall–Kier alpha value is -1.78. The van der Waals surface area contributed by atoms with E-state index in [-0.39, 0.29) is 35.1 Å². The third kappa shape index (κ3) is 3.80. The third-order valence-electron chi connectivity index (χ3n) is 10.0. The van der Waals surface area contributed by atoms with E-state index in [2.05, 4.69) is 24.4 Å². The number of hydrogen-bond donors (Lipinski definition) is 2. The number of allylic oxidation sites excluding steroid dienone is 4. The summed E-state index contributed by atoms with van der Waals surface area (Å²) in [5.41, 5.74) is 3.37. The Balaban J connectivity index is 1.23. The average molecular weight is 440 g/mol. The predicted octanol–water partition coefficient (Wildman–Crippen LogP) is 5.85. The van der Waals surface area contributed by atoms with Crippen LogP contribution in [-0.4, -0.2) is 23.8 Å². The average Bonchev–Trinajstić information content (AvgIpc) is 3.13. The van der Waals surface area contributed by atoms with E-state index >= 15 is 0 Å². The molecule has 0 spiro atoms. The number of halogens is 1. The number of Topliss-reactive ketones (excluding diaryl/α,β-unsaturated/α-hetero) is 1. The number of carbonyl (C=O) groups is 1. The van der Waals surface area contributed by atoms with Gasteiger partial charge >= 0.3 is 0 Å². The van der Waals surface area contributed by atoms with Crippen molar-refractivity contribution in [1.82, 2.24) is 5.43 Å². The molecule has 0 bridgehead atoms. The molecule has 5 aliphatic carbocycles. The van der Waals surface area contributed by atoms with Gasteiger partial charge in [-0.3, -0.25) is 10.2 Å². The maximum Gasteiger partial charge on any atom is 0.157 e. The van der Waals surface area contributed by atoms with Gasteiger partial charge in [0.1, 0.15) is 11.5 Å². The van der Waals surface area contributed by atoms with Crippen LogP contribution in [0, 0.1) is 52.2 Å². The van der Waals surface area contributed by atoms with E-state index in [1.54, 1.807) is 0 Å². The van der Waals surface area contributed by atoms with Crippen molar-refractivity contribution in [1.29, 1.82) is 5.41 Å². The van der Waals surface area contributed by atoms with Crippen LogP contribution >= 0.6 is 0 Å². The maximum atomic E-state index is 13.4. The third-order valence-corrected chi connectivity index (χ3v) is 10.0. The number of rotatable bonds is 4. The Labute approximate surface area is 191 Å². The summed E-state index contributed by atoms with van der Waals surface area (Å²) in [4.78, 5) is 13.2. The summed E-state index contributed by atoms with van der Waals surface area (Å²) in [6.07, 6.45) is 15.6. The molecule has 174 valence electrons. The van der Waals surface area contributed by atoms with Gasteiger partial charge in [-0.15, -0.1) is 0 Å². The Morgan fingerprint density at radius 2 is 1.94 bits per heavy atom. The monoisotopic (exact) mass is 439 g/mol. The summed E-state index contributed by atoms with van der Waals surface area (Å²) in [5.74, 6) is 5.12. The van der Waals surface area contributed by atoms with Gasteiger partial charge in [0, 0.05) is 12.0 Å². The van der Waals surface area contributed by atoms with Crippen LogP contribution in [-0.2, 0) is 4.79 Å². The second-order valence-corrected chi connectivity index (χ2v) is 11.6. The van der Waals surface area contributed by atoms with Crippen molar-refractivity contribution < 1.29 is 9.18 Å². The van der Waals surface area contributed by atoms with Gasteiger partial charge in [0.15, 0.2) is 5.78 Å². The molecule has 5 heteroatoms. The zero-order valence-corrected chi connectivity index (χ0v) is 19.6. The number of nitrogens with one attached hydrogen (secondary N) is 2. The second-order valence-electron chi connectivity index (χ2n) is 11.6. The predicted molar refractivity (Wildman–Crippen MR) is 126 cm³/mol. The molecule has 4 saturated carbocycles. The minimum atomic E-state index is -0.419. The number of hydrogen-bond acceptors (Lipinski definition) is 4. The Morgan fingerprint density at radius 1 is 1.12 bits per heavy atom. The van der Waals surface area contributed by atoms with Gasteiger partial charge in [0.05, 0.1) is 12.3 Å². The summed E-state index contributed by atoms with van der Waals surface area (Å²) in [6.45, 7) is 5.00. The van der Waals surface area contributed by atoms with E-state index in [4.69, 9.17) is 5.41 Å². The summed E-state index contributed by atoms with van der Waals surface area (Å²) in [5, 5.41) is 12.0. The Bertz CT molecular complexity index is 876. The molecule has 5 aliphatic rings. The normalized spacial score (nSPS) is 44.5. The number of hydrazone groups is 1. The molecule has 0 saturated heterocycles. The molecule has 0 aromatic rings. The first-order chi connectivity index (χ1) is 15.4. The Morgan fingerprint density at radius 3 is 2.78 bits per heavy atom. The minimum Gasteiger partial charge on any atom is -0.302 e. The summed E-state index contributed by atoms with van der Waals surface area (Å²) < 4.78 is 13.4. The fourth-order valence-electron chi connectivity index (χ4n) is 8.54. The zero-order chi connectivity index (χ0) is 22.5. The maximum absolute atomic E-state index is 13.4. The highest BCUT2D eigenvalue weighted by atomic mass is 19.1. The lowest BCUT2D eigenvalue weighted by Gasteiger charge is -2.56. The van der Waals surface area contributed by atoms with Gasteiger partial charge in [0.2, 0.25) is 0 Å². The van der Waals surface area contributed by atoms with Crippen molar-refractivity contribution in [2.75, 3.05) is 6.54 Å². The molecule has 0 aromatic carbocycles. The molecule has 4 nitrogen and oxygen atoms in total. The smallest absolute Gasteiger partial charge is 0.157 e. The van der Waals surface area contributed by atoms with E-state index in [1.165, 1.54) is 69.6 Å². The summed E-state index contributed by atoms with van der Waals surface area (Å²) in [7, 11) is 0. The number of carbonyl (C=O) groups excluding carboxylic acids is 1. The summed E-state index contributed by atoms with van der Waals surface area (Å²) >= 11 is 0. The lowest BCUT2D eigenvalue weighted by molar-refractivity contribution is -0.129. The molecule has 8 unspecified atom stereocenters. The molecule has 0 radical (unpaired) electrons. The topological polar surface area (TPSA) is 65.3 Å². The van der Waals surface area contributed by atoms with Crippen LogP contribution in [0.4, 0.5) is 4.39 Å². The van der Waals surface area contributed by atoms with E-state index < -0.39 is 5.83 Å². The first-order valence-corrected chi connectivity index (χ1v) is 12.8. The summed E-state index contributed by atoms with van der Waals surface area (Å²) in [6, 6.07) is 0. The highest BCUT2D eigenvalue weighted by molar-refractivity contribution is 6.50. The zero-order valence-electron chi connectivity index (χ0n) is 19.6. The molecule has 8 atom stereocenters. The molecule has 0 amide bonds. The minimum absolute atomic E-state index is 0.100. The lowest BCUT2D eigenvalue weighted by atomic mass is 9.49. The molecule has 2 N–H and O–H groups in total. The molecule has 0 aromatic heterocycles. The van der Waals surface area contributed by atoms with Crippen LogP contribution in [0.1, 0.15) is 71.6 Å². The highest BCUT2D eigenvalue weighted by Gasteiger charge is 2.58. The van der Waals surface area contributed by atoms with Gasteiger partial charge in [-0.25, -0.2) is 4.39 Å². The van der Waals surface area contributed by atoms with E-state index in [1.807, 2.05) is 0 Å². The highest BCUT2D eigenvalue weighted by Crippen LogP contribution is 2.64. The largest absolute Gasteiger partial charge is 0.302 e. The van der Waals surface area contributed by atoms with Crippen LogP contribution < -0.4 is 5.43 Å². The molecule has 4 fully saturated rings. The second kappa shape index (κ2) is 8.53. The van der Waals surface area contributed by atoms with Crippen LogP contribution in [0.3, 0.4) is 0 Å². The fourth-order valence-corrected chi connectivity index (χ4v) is 8.54. The van der Waals surface area contributed by atoms with E-state index in [9.17, 15) is 9.18 Å². The van der Waals surface area contributed by atoms with Gasteiger partial charge in [-0.2, -0.15) is 5.10 Å². The van der Waals surface area contributed by atoms with Crippen LogP contribution in [0.25, 0.3) is 0 Å². The number of fused-ring (bicyclic) bond motifs is 5. The van der Waals surface area contributed by atoms with E-state index in [0.717, 1.165) is 36.0 Å². The van der Waals surface area contributed by atoms with Crippen molar-refractivity contribution >= 4 is 17.2 Å². The lowest BCUT2D eigenvalue weighted by Crippen LogP contribution is -2.49. The SMILES string of the molecule is CC1CCC2C(CCC3C2CCC2(C)C(C(=O)CN/N=C4/C=C(F)C=CC4=N)CCC32)C1. The Kier molecular flexibility index (Phi) is 5.88. The number of nitrogens with zero attached hydrogens (tertiary/aromatic N) is 1. The number of ketones is 1. The van der Waals surface area contributed by atoms with Crippen molar-refractivity contribution in [2.45, 2.75) is 71.6 Å². The first kappa shape index (κ1) is 22.0. The standard InChI is InChI=1S/C27H38FN3O/c1-16-3-6-19-17(13-16)4-7-21-20(19)11-12-27(2)22(21)8-9-23(27)26(32)15-30-31-25-14-18(28)5-10-24(25)29/h5,10,14,16-17,19-23,29-30H,3-4,6-9,11-13,15H2,1-2H3/b29-24?,31-25-. The van der Waals surface area contributed by atoms with Crippen molar-refractivity contribution in [3.63, 3.8) is 0 Å². The quantitative estimate of drug-likeness (QED) is 0.426. The van der Waals surface area contributed by atoms with Gasteiger partial charge in [-0.1, -0.05) is 20.3 Å². The molecule has 32 heavy (non-hydrogen) atoms. The molecule has 0 heterocycles. The van der Waals surface area contributed by atoms with Gasteiger partial charge in [0.25, 0.3) is 0 Å². The van der Waals surface area contributed by atoms with Crippen LogP contribution in [0.15, 0.2) is 29.2 Å². The molecule has 0 aliphatic heterocycles. The van der Waals surface area contributed by atoms with Crippen molar-refractivity contribution in [3.8, 4) is 0 Å². The molecular formula is C27H38FN3O. The van der Waals surface area contributed by atoms with Gasteiger partial charge in [-0.05, 0) is 104 Å². The first-order valence-electron chi connectivity index (χ1n) is 12.8. The van der Waals surface area contributed by atoms with Crippen molar-refractivity contribution in [2.24, 2.45) is 51.9 Å². The molecule has 5 rings (SSSR count). The van der Waals surface area contributed by atoms with Gasteiger partial charge < -0.3 is 5.43 Å².